The number of carbonyl (C=O) groups is 3. The van der Waals surface area contributed by atoms with Crippen molar-refractivity contribution in [3.63, 3.8) is 0 Å². The van der Waals surface area contributed by atoms with Gasteiger partial charge in [0.2, 0.25) is 0 Å². The minimum absolute atomic E-state index is 0.0106. The molecule has 2 saturated heterocycles. The Balaban J connectivity index is 2.14. The van der Waals surface area contributed by atoms with Gasteiger partial charge in [0.05, 0.1) is 31.3 Å². The van der Waals surface area contributed by atoms with Gasteiger partial charge in [0.15, 0.2) is 5.60 Å². The van der Waals surface area contributed by atoms with E-state index in [1.807, 2.05) is 13.8 Å². The predicted octanol–water partition coefficient (Wildman–Crippen LogP) is 2.42. The Kier molecular flexibility index (Phi) is 8.24. The van der Waals surface area contributed by atoms with E-state index in [9.17, 15) is 19.5 Å². The topological polar surface area (TPSA) is 121 Å². The maximum absolute atomic E-state index is 13.2. The summed E-state index contributed by atoms with van der Waals surface area (Å²) >= 11 is 0. The number of fused-ring (bicyclic) bond motifs is 1. The number of rotatable bonds is 7. The third-order valence-corrected chi connectivity index (χ3v) is 7.25. The summed E-state index contributed by atoms with van der Waals surface area (Å²) < 4.78 is 28.2. The summed E-state index contributed by atoms with van der Waals surface area (Å²) in [6.45, 7) is 15.4. The highest BCUT2D eigenvalue weighted by Crippen LogP contribution is 2.42. The lowest BCUT2D eigenvalue weighted by atomic mass is 9.80. The molecule has 1 aliphatic carbocycles. The molecule has 0 spiro atoms. The number of hydrogen-bond donors (Lipinski definition) is 1. The van der Waals surface area contributed by atoms with Crippen LogP contribution in [0.4, 0.5) is 0 Å². The molecule has 0 radical (unpaired) electrons. The second kappa shape index (κ2) is 10.6. The monoisotopic (exact) mass is 492 g/mol. The van der Waals surface area contributed by atoms with E-state index in [0.29, 0.717) is 18.4 Å². The third kappa shape index (κ3) is 5.37. The molecule has 194 valence electrons. The van der Waals surface area contributed by atoms with Crippen molar-refractivity contribution >= 4 is 17.9 Å². The van der Waals surface area contributed by atoms with Gasteiger partial charge in [-0.1, -0.05) is 39.5 Å². The van der Waals surface area contributed by atoms with E-state index in [4.69, 9.17) is 23.7 Å². The second-order valence-electron chi connectivity index (χ2n) is 9.72. The quantitative estimate of drug-likeness (QED) is 0.188. The molecular formula is C26H36O9. The van der Waals surface area contributed by atoms with E-state index in [1.54, 1.807) is 19.9 Å². The predicted molar refractivity (Wildman–Crippen MR) is 125 cm³/mol. The van der Waals surface area contributed by atoms with E-state index in [2.05, 4.69) is 13.2 Å². The Labute approximate surface area is 206 Å². The normalized spacial score (nSPS) is 37.4. The lowest BCUT2D eigenvalue weighted by molar-refractivity contribution is -0.171. The average molecular weight is 493 g/mol. The van der Waals surface area contributed by atoms with Crippen molar-refractivity contribution in [1.29, 1.82) is 0 Å². The van der Waals surface area contributed by atoms with E-state index >= 15 is 0 Å². The van der Waals surface area contributed by atoms with Crippen LogP contribution in [0.15, 0.2) is 36.0 Å². The molecule has 9 nitrogen and oxygen atoms in total. The first kappa shape index (κ1) is 27.1. The molecule has 0 aromatic heterocycles. The molecule has 0 bridgehead atoms. The van der Waals surface area contributed by atoms with Crippen LogP contribution in [-0.4, -0.2) is 72.9 Å². The van der Waals surface area contributed by atoms with Gasteiger partial charge in [-0.25, -0.2) is 14.4 Å². The highest BCUT2D eigenvalue weighted by Gasteiger charge is 2.60. The van der Waals surface area contributed by atoms with Gasteiger partial charge in [-0.3, -0.25) is 0 Å². The van der Waals surface area contributed by atoms with E-state index in [1.165, 1.54) is 7.11 Å². The number of aliphatic hydroxyl groups excluding tert-OH is 1. The summed E-state index contributed by atoms with van der Waals surface area (Å²) in [5.74, 6) is -2.91. The maximum atomic E-state index is 13.2. The SMILES string of the molecule is C=C1C(=O)O[C@H]2[C@H]1[C@H](OC(=O)[C@@]1(C)O[C@H]1C)[C@@H](OC[C@@H](C)CC)/C(C(=O)OC)=C\CCC(=C)[C@@H]2O. The smallest absolute Gasteiger partial charge is 0.341 e. The molecular weight excluding hydrogens is 456 g/mol. The van der Waals surface area contributed by atoms with Crippen molar-refractivity contribution in [3.05, 3.63) is 36.0 Å². The Morgan fingerprint density at radius 3 is 2.57 bits per heavy atom. The minimum atomic E-state index is -1.23. The summed E-state index contributed by atoms with van der Waals surface area (Å²) in [5, 5.41) is 11.0. The Hall–Kier alpha value is -2.49. The van der Waals surface area contributed by atoms with Crippen LogP contribution in [0.5, 0.6) is 0 Å². The number of esters is 3. The van der Waals surface area contributed by atoms with Crippen molar-refractivity contribution in [1.82, 2.24) is 0 Å². The lowest BCUT2D eigenvalue weighted by Crippen LogP contribution is -2.50. The summed E-state index contributed by atoms with van der Waals surface area (Å²) in [6.07, 6.45) is -1.89. The molecule has 2 fully saturated rings. The molecule has 3 rings (SSSR count). The molecule has 0 unspecified atom stereocenters. The third-order valence-electron chi connectivity index (χ3n) is 7.25. The van der Waals surface area contributed by atoms with E-state index in [0.717, 1.165) is 6.42 Å². The van der Waals surface area contributed by atoms with Crippen molar-refractivity contribution in [2.75, 3.05) is 13.7 Å². The number of epoxide rings is 1. The fourth-order valence-corrected chi connectivity index (χ4v) is 4.34. The highest BCUT2D eigenvalue weighted by molar-refractivity contribution is 5.92. The Morgan fingerprint density at radius 1 is 1.34 bits per heavy atom. The number of aliphatic hydroxyl groups is 1. The molecule has 35 heavy (non-hydrogen) atoms. The van der Waals surface area contributed by atoms with Crippen LogP contribution in [-0.2, 0) is 38.1 Å². The van der Waals surface area contributed by atoms with Crippen molar-refractivity contribution < 1.29 is 43.2 Å². The standard InChI is InChI=1S/C26H36O9/c1-8-13(2)12-32-20-17(24(29)31-7)11-9-10-14(3)19(27)21-18(15(4)23(28)33-21)22(20)34-25(30)26(6)16(5)35-26/h11,13,16,18-22,27H,3-4,8-10,12H2,1-2,5-7H3/b17-11+/t13-,16-,18-,19-,20-,21-,22-,26-/m0/s1. The largest absolute Gasteiger partial charge is 0.466 e. The second-order valence-corrected chi connectivity index (χ2v) is 9.72. The number of methoxy groups -OCH3 is 1. The van der Waals surface area contributed by atoms with Gasteiger partial charge in [-0.05, 0) is 38.2 Å². The summed E-state index contributed by atoms with van der Waals surface area (Å²) in [7, 11) is 1.25. The van der Waals surface area contributed by atoms with Crippen LogP contribution in [0.25, 0.3) is 0 Å². The lowest BCUT2D eigenvalue weighted by Gasteiger charge is -2.36. The molecule has 2 heterocycles. The maximum Gasteiger partial charge on any atom is 0.341 e. The van der Waals surface area contributed by atoms with Gasteiger partial charge in [0.25, 0.3) is 0 Å². The molecule has 2 aliphatic heterocycles. The molecule has 0 aromatic carbocycles. The molecule has 3 aliphatic rings. The average Bonchev–Trinajstić information content (AvgIpc) is 3.35. The molecule has 9 heteroatoms. The Bertz CT molecular complexity index is 922. The zero-order valence-corrected chi connectivity index (χ0v) is 21.1. The number of ether oxygens (including phenoxy) is 5. The zero-order chi connectivity index (χ0) is 26.1. The fourth-order valence-electron chi connectivity index (χ4n) is 4.34. The summed E-state index contributed by atoms with van der Waals surface area (Å²) in [6, 6.07) is 0. The van der Waals surface area contributed by atoms with E-state index < -0.39 is 53.8 Å². The van der Waals surface area contributed by atoms with Crippen molar-refractivity contribution in [3.8, 4) is 0 Å². The molecule has 0 amide bonds. The minimum Gasteiger partial charge on any atom is -0.466 e. The number of carbonyl (C=O) groups excluding carboxylic acids is 3. The Morgan fingerprint density at radius 2 is 2.00 bits per heavy atom. The van der Waals surface area contributed by atoms with Gasteiger partial charge in [-0.15, -0.1) is 0 Å². The van der Waals surface area contributed by atoms with Crippen LogP contribution in [0.1, 0.15) is 47.0 Å². The van der Waals surface area contributed by atoms with Gasteiger partial charge < -0.3 is 28.8 Å². The van der Waals surface area contributed by atoms with E-state index in [-0.39, 0.29) is 29.8 Å². The van der Waals surface area contributed by atoms with Crippen LogP contribution in [0.3, 0.4) is 0 Å². The first-order chi connectivity index (χ1) is 16.5. The van der Waals surface area contributed by atoms with Gasteiger partial charge in [0, 0.05) is 5.57 Å². The highest BCUT2D eigenvalue weighted by atomic mass is 16.7. The van der Waals surface area contributed by atoms with Crippen molar-refractivity contribution in [2.45, 2.75) is 83.1 Å². The number of hydrogen-bond acceptors (Lipinski definition) is 9. The first-order valence-corrected chi connectivity index (χ1v) is 12.0. The zero-order valence-electron chi connectivity index (χ0n) is 21.1. The first-order valence-electron chi connectivity index (χ1n) is 12.0. The van der Waals surface area contributed by atoms with Gasteiger partial charge in [-0.2, -0.15) is 0 Å². The molecule has 0 saturated carbocycles. The molecule has 0 aromatic rings. The van der Waals surface area contributed by atoms with Crippen LogP contribution in [0.2, 0.25) is 0 Å². The van der Waals surface area contributed by atoms with Gasteiger partial charge in [0.1, 0.15) is 24.4 Å². The molecule has 1 N–H and O–H groups in total. The molecule has 8 atom stereocenters. The van der Waals surface area contributed by atoms with Crippen LogP contribution < -0.4 is 0 Å². The van der Waals surface area contributed by atoms with Crippen molar-refractivity contribution in [2.24, 2.45) is 11.8 Å². The van der Waals surface area contributed by atoms with Crippen LogP contribution in [0, 0.1) is 11.8 Å². The van der Waals surface area contributed by atoms with Gasteiger partial charge >= 0.3 is 17.9 Å². The fraction of sp³-hybridized carbons (Fsp3) is 0.654. The summed E-state index contributed by atoms with van der Waals surface area (Å²) in [5.41, 5.74) is -0.595. The van der Waals surface area contributed by atoms with Crippen LogP contribution >= 0.6 is 0 Å². The summed E-state index contributed by atoms with van der Waals surface area (Å²) in [4.78, 5) is 38.7. The number of allylic oxidation sites excluding steroid dienone is 1.